The van der Waals surface area contributed by atoms with Crippen LogP contribution in [0.3, 0.4) is 0 Å². The maximum atomic E-state index is 11.1. The molecule has 0 fully saturated rings. The third kappa shape index (κ3) is 2.33. The van der Waals surface area contributed by atoms with Crippen molar-refractivity contribution < 1.29 is 9.90 Å². The van der Waals surface area contributed by atoms with Gasteiger partial charge in [-0.15, -0.1) is 0 Å². The van der Waals surface area contributed by atoms with Crippen LogP contribution in [0.5, 0.6) is 0 Å². The molecule has 4 N–H and O–H groups in total. The molecule has 4 heteroatoms. The van der Waals surface area contributed by atoms with E-state index in [-0.39, 0.29) is 11.3 Å². The number of nitrogens with one attached hydrogen (secondary N) is 1. The molecule has 0 atom stereocenters. The molecule has 0 spiro atoms. The van der Waals surface area contributed by atoms with Gasteiger partial charge in [-0.05, 0) is 30.3 Å². The van der Waals surface area contributed by atoms with Crippen LogP contribution in [0.1, 0.15) is 21.5 Å². The third-order valence-electron chi connectivity index (χ3n) is 3.26. The molecule has 21 heavy (non-hydrogen) atoms. The lowest BCUT2D eigenvalue weighted by Gasteiger charge is -2.02. The van der Waals surface area contributed by atoms with Gasteiger partial charge < -0.3 is 15.8 Å². The van der Waals surface area contributed by atoms with Crippen molar-refractivity contribution >= 4 is 22.6 Å². The molecule has 3 rings (SSSR count). The Morgan fingerprint density at radius 3 is 2.57 bits per heavy atom. The first kappa shape index (κ1) is 12.8. The van der Waals surface area contributed by atoms with Gasteiger partial charge in [0.15, 0.2) is 0 Å². The minimum atomic E-state index is -1.05. The number of fused-ring (bicyclic) bond motifs is 1. The number of aromatic amines is 1. The molecule has 1 aromatic heterocycles. The summed E-state index contributed by atoms with van der Waals surface area (Å²) in [6.07, 6.45) is 1.86. The van der Waals surface area contributed by atoms with E-state index in [0.29, 0.717) is 5.56 Å². The summed E-state index contributed by atoms with van der Waals surface area (Å²) < 4.78 is 0. The summed E-state index contributed by atoms with van der Waals surface area (Å²) in [4.78, 5) is 14.2. The summed E-state index contributed by atoms with van der Waals surface area (Å²) in [6.45, 7) is 0. The Bertz CT molecular complexity index is 898. The average Bonchev–Trinajstić information content (AvgIpc) is 2.95. The second-order valence-electron chi connectivity index (χ2n) is 4.57. The minimum Gasteiger partial charge on any atom is -0.478 e. The topological polar surface area (TPSA) is 79.1 Å². The number of nitrogens with two attached hydrogens (primary N) is 1. The SMILES string of the molecule is Nc1c(C#Cc2cccc3[nH]ccc23)cccc1C(=O)O. The number of aromatic carboxylic acids is 1. The van der Waals surface area contributed by atoms with Crippen molar-refractivity contribution in [2.75, 3.05) is 5.73 Å². The van der Waals surface area contributed by atoms with Gasteiger partial charge in [-0.2, -0.15) is 0 Å². The summed E-state index contributed by atoms with van der Waals surface area (Å²) in [5, 5.41) is 10.1. The lowest BCUT2D eigenvalue weighted by molar-refractivity contribution is 0.0698. The standard InChI is InChI=1S/C17H12N2O2/c18-16-12(4-1-5-14(16)17(20)21)8-7-11-3-2-6-15-13(11)9-10-19-15/h1-6,9-10,19H,18H2,(H,20,21). The van der Waals surface area contributed by atoms with E-state index < -0.39 is 5.97 Å². The van der Waals surface area contributed by atoms with Gasteiger partial charge in [-0.3, -0.25) is 0 Å². The van der Waals surface area contributed by atoms with Crippen LogP contribution in [0.25, 0.3) is 10.9 Å². The fourth-order valence-corrected chi connectivity index (χ4v) is 2.19. The maximum Gasteiger partial charge on any atom is 0.337 e. The highest BCUT2D eigenvalue weighted by Gasteiger charge is 2.09. The molecule has 102 valence electrons. The van der Waals surface area contributed by atoms with E-state index in [1.165, 1.54) is 6.07 Å². The molecule has 0 saturated carbocycles. The number of nitrogen functional groups attached to an aromatic ring is 1. The van der Waals surface area contributed by atoms with Gasteiger partial charge in [0.1, 0.15) is 0 Å². The van der Waals surface area contributed by atoms with E-state index in [4.69, 9.17) is 10.8 Å². The van der Waals surface area contributed by atoms with E-state index in [2.05, 4.69) is 16.8 Å². The lowest BCUT2D eigenvalue weighted by atomic mass is 10.1. The zero-order valence-corrected chi connectivity index (χ0v) is 11.1. The number of anilines is 1. The molecule has 0 unspecified atom stereocenters. The first-order valence-corrected chi connectivity index (χ1v) is 6.37. The molecule has 0 aliphatic heterocycles. The first-order chi connectivity index (χ1) is 10.2. The van der Waals surface area contributed by atoms with E-state index in [0.717, 1.165) is 16.5 Å². The van der Waals surface area contributed by atoms with Crippen LogP contribution in [0.2, 0.25) is 0 Å². The van der Waals surface area contributed by atoms with Crippen LogP contribution in [0.4, 0.5) is 5.69 Å². The minimum absolute atomic E-state index is 0.0710. The summed E-state index contributed by atoms with van der Waals surface area (Å²) in [5.41, 5.74) is 8.51. The number of carbonyl (C=O) groups is 1. The molecule has 0 radical (unpaired) electrons. The molecule has 4 nitrogen and oxygen atoms in total. The van der Waals surface area contributed by atoms with E-state index in [9.17, 15) is 4.79 Å². The summed E-state index contributed by atoms with van der Waals surface area (Å²) in [7, 11) is 0. The van der Waals surface area contributed by atoms with Gasteiger partial charge in [-0.1, -0.05) is 24.0 Å². The Morgan fingerprint density at radius 1 is 1.05 bits per heavy atom. The van der Waals surface area contributed by atoms with Crippen molar-refractivity contribution in [2.45, 2.75) is 0 Å². The van der Waals surface area contributed by atoms with Crippen molar-refractivity contribution in [3.63, 3.8) is 0 Å². The highest BCUT2D eigenvalue weighted by atomic mass is 16.4. The number of hydrogen-bond acceptors (Lipinski definition) is 2. The molecule has 1 heterocycles. The molecule has 0 aliphatic carbocycles. The Labute approximate surface area is 121 Å². The van der Waals surface area contributed by atoms with Crippen LogP contribution < -0.4 is 5.73 Å². The fraction of sp³-hybridized carbons (Fsp3) is 0. The summed E-state index contributed by atoms with van der Waals surface area (Å²) >= 11 is 0. The second-order valence-corrected chi connectivity index (χ2v) is 4.57. The fourth-order valence-electron chi connectivity index (χ4n) is 2.19. The number of benzene rings is 2. The van der Waals surface area contributed by atoms with Crippen LogP contribution >= 0.6 is 0 Å². The highest BCUT2D eigenvalue weighted by molar-refractivity contribution is 5.95. The van der Waals surface area contributed by atoms with Gasteiger partial charge in [0.2, 0.25) is 0 Å². The number of carboxylic acids is 1. The van der Waals surface area contributed by atoms with E-state index >= 15 is 0 Å². The van der Waals surface area contributed by atoms with Gasteiger partial charge in [-0.25, -0.2) is 4.79 Å². The number of H-pyrrole nitrogens is 1. The monoisotopic (exact) mass is 276 g/mol. The largest absolute Gasteiger partial charge is 0.478 e. The van der Waals surface area contributed by atoms with Crippen molar-refractivity contribution in [1.82, 2.24) is 4.98 Å². The lowest BCUT2D eigenvalue weighted by Crippen LogP contribution is -2.03. The summed E-state index contributed by atoms with van der Waals surface area (Å²) in [6, 6.07) is 12.6. The Kier molecular flexibility index (Phi) is 3.09. The first-order valence-electron chi connectivity index (χ1n) is 6.37. The molecular weight excluding hydrogens is 264 g/mol. The van der Waals surface area contributed by atoms with Crippen LogP contribution in [-0.4, -0.2) is 16.1 Å². The van der Waals surface area contributed by atoms with Gasteiger partial charge in [0, 0.05) is 28.2 Å². The highest BCUT2D eigenvalue weighted by Crippen LogP contribution is 2.19. The molecule has 0 bridgehead atoms. The zero-order valence-electron chi connectivity index (χ0n) is 11.1. The van der Waals surface area contributed by atoms with Crippen LogP contribution in [-0.2, 0) is 0 Å². The Morgan fingerprint density at radius 2 is 1.76 bits per heavy atom. The molecule has 3 aromatic rings. The second kappa shape index (κ2) is 5.06. The quantitative estimate of drug-likeness (QED) is 0.472. The normalized spacial score (nSPS) is 10.1. The molecule has 0 aliphatic rings. The Hall–Kier alpha value is -3.19. The van der Waals surface area contributed by atoms with Crippen molar-refractivity contribution in [1.29, 1.82) is 0 Å². The number of rotatable bonds is 1. The maximum absolute atomic E-state index is 11.1. The molecular formula is C17H12N2O2. The van der Waals surface area contributed by atoms with E-state index in [1.54, 1.807) is 12.1 Å². The zero-order chi connectivity index (χ0) is 14.8. The van der Waals surface area contributed by atoms with Gasteiger partial charge in [0.05, 0.1) is 11.3 Å². The molecule has 2 aromatic carbocycles. The average molecular weight is 276 g/mol. The molecule has 0 amide bonds. The smallest absolute Gasteiger partial charge is 0.337 e. The van der Waals surface area contributed by atoms with Crippen molar-refractivity contribution in [3.05, 3.63) is 65.4 Å². The van der Waals surface area contributed by atoms with Crippen LogP contribution in [0, 0.1) is 11.8 Å². The predicted molar refractivity (Wildman–Crippen MR) is 82.1 cm³/mol. The van der Waals surface area contributed by atoms with Crippen molar-refractivity contribution in [3.8, 4) is 11.8 Å². The number of para-hydroxylation sites is 1. The Balaban J connectivity index is 2.08. The van der Waals surface area contributed by atoms with Crippen LogP contribution in [0.15, 0.2) is 48.7 Å². The number of carboxylic acid groups (broad SMARTS) is 1. The van der Waals surface area contributed by atoms with Gasteiger partial charge >= 0.3 is 5.97 Å². The predicted octanol–water partition coefficient (Wildman–Crippen LogP) is 2.85. The molecule has 0 saturated heterocycles. The third-order valence-corrected chi connectivity index (χ3v) is 3.26. The van der Waals surface area contributed by atoms with E-state index in [1.807, 2.05) is 30.5 Å². The number of hydrogen-bond donors (Lipinski definition) is 3. The summed E-state index contributed by atoms with van der Waals surface area (Å²) in [5.74, 6) is 4.96. The van der Waals surface area contributed by atoms with Gasteiger partial charge in [0.25, 0.3) is 0 Å². The number of aromatic nitrogens is 1. The van der Waals surface area contributed by atoms with Crippen molar-refractivity contribution in [2.24, 2.45) is 0 Å².